The van der Waals surface area contributed by atoms with E-state index in [9.17, 15) is 9.59 Å². The van der Waals surface area contributed by atoms with Gasteiger partial charge in [-0.3, -0.25) is 14.3 Å². The fourth-order valence-corrected chi connectivity index (χ4v) is 2.93. The summed E-state index contributed by atoms with van der Waals surface area (Å²) >= 11 is 0. The Morgan fingerprint density at radius 1 is 1.15 bits per heavy atom. The largest absolute Gasteiger partial charge is 0.481 e. The number of hydrogen-bond donors (Lipinski definition) is 0. The number of benzene rings is 1. The molecule has 138 valence electrons. The molecule has 1 aromatic carbocycles. The summed E-state index contributed by atoms with van der Waals surface area (Å²) in [4.78, 5) is 31.7. The van der Waals surface area contributed by atoms with Gasteiger partial charge >= 0.3 is 0 Å². The molecule has 0 N–H and O–H groups in total. The minimum atomic E-state index is -0.606. The van der Waals surface area contributed by atoms with Gasteiger partial charge in [0.2, 0.25) is 5.91 Å². The molecule has 1 fully saturated rings. The molecular weight excluding hydrogens is 334 g/mol. The minimum Gasteiger partial charge on any atom is -0.481 e. The van der Waals surface area contributed by atoms with Crippen LogP contribution in [0.4, 0.5) is 0 Å². The van der Waals surface area contributed by atoms with E-state index in [-0.39, 0.29) is 11.8 Å². The third-order valence-electron chi connectivity index (χ3n) is 4.39. The van der Waals surface area contributed by atoms with Crippen molar-refractivity contribution in [2.24, 2.45) is 7.05 Å². The molecule has 0 spiro atoms. The van der Waals surface area contributed by atoms with E-state index < -0.39 is 6.10 Å². The van der Waals surface area contributed by atoms with Crippen LogP contribution in [-0.2, 0) is 16.6 Å². The van der Waals surface area contributed by atoms with Gasteiger partial charge in [-0.25, -0.2) is 4.98 Å². The lowest BCUT2D eigenvalue weighted by Crippen LogP contribution is -2.52. The Labute approximate surface area is 152 Å². The van der Waals surface area contributed by atoms with Crippen molar-refractivity contribution in [3.8, 4) is 17.1 Å². The topological polar surface area (TPSA) is 80.6 Å². The SMILES string of the molecule is CC(=O)N1CCN(C(=O)C(C)Oc2cccc(-c3ncn(C)n3)c2)CC1. The summed E-state index contributed by atoms with van der Waals surface area (Å²) in [5, 5.41) is 4.27. The van der Waals surface area contributed by atoms with Gasteiger partial charge in [-0.2, -0.15) is 5.10 Å². The van der Waals surface area contributed by atoms with Gasteiger partial charge in [0.05, 0.1) is 0 Å². The number of piperazine rings is 1. The van der Waals surface area contributed by atoms with Crippen LogP contribution >= 0.6 is 0 Å². The first-order chi connectivity index (χ1) is 12.4. The van der Waals surface area contributed by atoms with Crippen LogP contribution in [0.5, 0.6) is 5.75 Å². The van der Waals surface area contributed by atoms with Crippen LogP contribution in [-0.4, -0.2) is 68.7 Å². The van der Waals surface area contributed by atoms with E-state index in [1.165, 1.54) is 0 Å². The Bertz CT molecular complexity index is 796. The highest BCUT2D eigenvalue weighted by Gasteiger charge is 2.26. The van der Waals surface area contributed by atoms with Crippen LogP contribution in [0.15, 0.2) is 30.6 Å². The molecule has 8 heteroatoms. The lowest BCUT2D eigenvalue weighted by atomic mass is 10.2. The Hall–Kier alpha value is -2.90. The Morgan fingerprint density at radius 3 is 2.46 bits per heavy atom. The normalized spacial score (nSPS) is 15.7. The fraction of sp³-hybridized carbons (Fsp3) is 0.444. The monoisotopic (exact) mass is 357 g/mol. The molecule has 26 heavy (non-hydrogen) atoms. The van der Waals surface area contributed by atoms with Crippen LogP contribution < -0.4 is 4.74 Å². The van der Waals surface area contributed by atoms with Gasteiger partial charge in [0, 0.05) is 45.7 Å². The van der Waals surface area contributed by atoms with Crippen LogP contribution in [0, 0.1) is 0 Å². The summed E-state index contributed by atoms with van der Waals surface area (Å²) in [6.07, 6.45) is 1.03. The van der Waals surface area contributed by atoms with Crippen molar-refractivity contribution in [2.45, 2.75) is 20.0 Å². The number of amides is 2. The van der Waals surface area contributed by atoms with Crippen molar-refractivity contribution < 1.29 is 14.3 Å². The highest BCUT2D eigenvalue weighted by atomic mass is 16.5. The summed E-state index contributed by atoms with van der Waals surface area (Å²) < 4.78 is 7.47. The number of hydrogen-bond acceptors (Lipinski definition) is 5. The first-order valence-electron chi connectivity index (χ1n) is 8.61. The lowest BCUT2D eigenvalue weighted by molar-refractivity contribution is -0.143. The number of nitrogens with zero attached hydrogens (tertiary/aromatic N) is 5. The van der Waals surface area contributed by atoms with Gasteiger partial charge < -0.3 is 14.5 Å². The van der Waals surface area contributed by atoms with Crippen LogP contribution in [0.25, 0.3) is 11.4 Å². The van der Waals surface area contributed by atoms with Crippen molar-refractivity contribution in [2.75, 3.05) is 26.2 Å². The first kappa shape index (κ1) is 17.9. The molecule has 1 atom stereocenters. The number of carbonyl (C=O) groups is 2. The smallest absolute Gasteiger partial charge is 0.263 e. The molecule has 0 aliphatic carbocycles. The zero-order chi connectivity index (χ0) is 18.7. The zero-order valence-electron chi connectivity index (χ0n) is 15.3. The molecule has 2 aromatic rings. The quantitative estimate of drug-likeness (QED) is 0.814. The molecule has 1 aromatic heterocycles. The standard InChI is InChI=1S/C18H23N5O3/c1-13(18(25)23-9-7-22(8-10-23)14(2)24)26-16-6-4-5-15(11-16)17-19-12-21(3)20-17/h4-6,11-13H,7-10H2,1-3H3. The van der Waals surface area contributed by atoms with Gasteiger partial charge in [0.1, 0.15) is 12.1 Å². The minimum absolute atomic E-state index is 0.0429. The number of aromatic nitrogens is 3. The van der Waals surface area contributed by atoms with Crippen molar-refractivity contribution in [1.29, 1.82) is 0 Å². The molecule has 2 amide bonds. The maximum absolute atomic E-state index is 12.6. The van der Waals surface area contributed by atoms with Gasteiger partial charge in [0.15, 0.2) is 11.9 Å². The highest BCUT2D eigenvalue weighted by Crippen LogP contribution is 2.22. The number of aryl methyl sites for hydroxylation is 1. The molecule has 1 saturated heterocycles. The maximum Gasteiger partial charge on any atom is 0.263 e. The number of rotatable bonds is 4. The lowest BCUT2D eigenvalue weighted by Gasteiger charge is -2.35. The van der Waals surface area contributed by atoms with Crippen molar-refractivity contribution in [1.82, 2.24) is 24.6 Å². The van der Waals surface area contributed by atoms with Gasteiger partial charge in [-0.1, -0.05) is 12.1 Å². The summed E-state index contributed by atoms with van der Waals surface area (Å²) in [5.74, 6) is 1.17. The summed E-state index contributed by atoms with van der Waals surface area (Å²) in [6, 6.07) is 7.39. The Morgan fingerprint density at radius 2 is 1.85 bits per heavy atom. The molecule has 1 aliphatic heterocycles. The number of carbonyl (C=O) groups excluding carboxylic acids is 2. The van der Waals surface area contributed by atoms with Crippen molar-refractivity contribution in [3.63, 3.8) is 0 Å². The molecule has 1 unspecified atom stereocenters. The third-order valence-corrected chi connectivity index (χ3v) is 4.39. The van der Waals surface area contributed by atoms with Gasteiger partial charge in [-0.15, -0.1) is 0 Å². The predicted octanol–water partition coefficient (Wildman–Crippen LogP) is 0.940. The number of ether oxygens (including phenoxy) is 1. The van der Waals surface area contributed by atoms with E-state index in [0.717, 1.165) is 5.56 Å². The average molecular weight is 357 g/mol. The summed E-state index contributed by atoms with van der Waals surface area (Å²) in [5.41, 5.74) is 0.831. The second-order valence-corrected chi connectivity index (χ2v) is 6.36. The predicted molar refractivity (Wildman–Crippen MR) is 95.4 cm³/mol. The molecule has 3 rings (SSSR count). The average Bonchev–Trinajstić information content (AvgIpc) is 3.08. The Kier molecular flexibility index (Phi) is 5.20. The Balaban J connectivity index is 1.62. The second kappa shape index (κ2) is 7.55. The molecule has 2 heterocycles. The van der Waals surface area contributed by atoms with E-state index in [1.54, 1.807) is 34.7 Å². The van der Waals surface area contributed by atoms with Gasteiger partial charge in [0.25, 0.3) is 5.91 Å². The zero-order valence-corrected chi connectivity index (χ0v) is 15.3. The maximum atomic E-state index is 12.6. The molecule has 0 saturated carbocycles. The van der Waals surface area contributed by atoms with E-state index in [4.69, 9.17) is 4.74 Å². The molecule has 8 nitrogen and oxygen atoms in total. The molecule has 0 bridgehead atoms. The van der Waals surface area contributed by atoms with E-state index in [2.05, 4.69) is 10.1 Å². The first-order valence-corrected chi connectivity index (χ1v) is 8.61. The molecule has 1 aliphatic rings. The van der Waals surface area contributed by atoms with Crippen molar-refractivity contribution >= 4 is 11.8 Å². The van der Waals surface area contributed by atoms with Crippen molar-refractivity contribution in [3.05, 3.63) is 30.6 Å². The second-order valence-electron chi connectivity index (χ2n) is 6.36. The van der Waals surface area contributed by atoms with E-state index in [1.807, 2.05) is 31.3 Å². The van der Waals surface area contributed by atoms with Crippen LogP contribution in [0.3, 0.4) is 0 Å². The van der Waals surface area contributed by atoms with Gasteiger partial charge in [-0.05, 0) is 19.1 Å². The van der Waals surface area contributed by atoms with Crippen LogP contribution in [0.2, 0.25) is 0 Å². The third kappa shape index (κ3) is 4.01. The fourth-order valence-electron chi connectivity index (χ4n) is 2.93. The summed E-state index contributed by atoms with van der Waals surface area (Å²) in [6.45, 7) is 5.48. The van der Waals surface area contributed by atoms with Crippen LogP contribution in [0.1, 0.15) is 13.8 Å². The summed E-state index contributed by atoms with van der Waals surface area (Å²) in [7, 11) is 1.81. The van der Waals surface area contributed by atoms with E-state index >= 15 is 0 Å². The molecule has 0 radical (unpaired) electrons. The van der Waals surface area contributed by atoms with E-state index in [0.29, 0.717) is 37.8 Å². The molecular formula is C18H23N5O3. The highest BCUT2D eigenvalue weighted by molar-refractivity contribution is 5.81.